The molecule has 3 heterocycles. The predicted octanol–water partition coefficient (Wildman–Crippen LogP) is 3.62. The van der Waals surface area contributed by atoms with E-state index in [4.69, 9.17) is 9.47 Å². The lowest BCUT2D eigenvalue weighted by Gasteiger charge is -2.44. The quantitative estimate of drug-likeness (QED) is 0.672. The van der Waals surface area contributed by atoms with Gasteiger partial charge >= 0.3 is 0 Å². The Labute approximate surface area is 169 Å². The predicted molar refractivity (Wildman–Crippen MR) is 109 cm³/mol. The van der Waals surface area contributed by atoms with E-state index in [0.29, 0.717) is 24.4 Å². The SMILES string of the molecule is COc1ccccc1C(=O)N1CCC2(CC1)Oc1ccccc1-c1c2cnn1C. The van der Waals surface area contributed by atoms with Gasteiger partial charge in [0.25, 0.3) is 5.91 Å². The maximum atomic E-state index is 13.1. The molecule has 1 saturated heterocycles. The molecule has 0 radical (unpaired) electrons. The average Bonchev–Trinajstić information content (AvgIpc) is 3.17. The van der Waals surface area contributed by atoms with Gasteiger partial charge in [-0.1, -0.05) is 24.3 Å². The summed E-state index contributed by atoms with van der Waals surface area (Å²) in [7, 11) is 3.56. The summed E-state index contributed by atoms with van der Waals surface area (Å²) in [4.78, 5) is 15.0. The smallest absolute Gasteiger partial charge is 0.257 e. The second-order valence-electron chi connectivity index (χ2n) is 7.62. The summed E-state index contributed by atoms with van der Waals surface area (Å²) in [6.45, 7) is 1.24. The van der Waals surface area contributed by atoms with Gasteiger partial charge in [0.05, 0.1) is 24.6 Å². The first kappa shape index (κ1) is 17.8. The minimum Gasteiger partial charge on any atom is -0.496 e. The van der Waals surface area contributed by atoms with Gasteiger partial charge in [-0.2, -0.15) is 5.10 Å². The number of nitrogens with zero attached hydrogens (tertiary/aromatic N) is 3. The highest BCUT2D eigenvalue weighted by Gasteiger charge is 2.46. The zero-order chi connectivity index (χ0) is 20.0. The van der Waals surface area contributed by atoms with E-state index in [9.17, 15) is 4.79 Å². The molecule has 2 aliphatic heterocycles. The monoisotopic (exact) mass is 389 g/mol. The number of aromatic nitrogens is 2. The largest absolute Gasteiger partial charge is 0.496 e. The van der Waals surface area contributed by atoms with Crippen molar-refractivity contribution in [2.24, 2.45) is 7.05 Å². The summed E-state index contributed by atoms with van der Waals surface area (Å²) in [5, 5.41) is 4.51. The van der Waals surface area contributed by atoms with Gasteiger partial charge in [0.15, 0.2) is 0 Å². The number of benzene rings is 2. The standard InChI is InChI=1S/C23H23N3O3/c1-25-21-16-7-3-6-10-20(16)29-23(18(21)15-24-25)11-13-26(14-12-23)22(27)17-8-4-5-9-19(17)28-2/h3-10,15H,11-14H2,1-2H3. The second kappa shape index (κ2) is 6.65. The number of amides is 1. The van der Waals surface area contributed by atoms with E-state index in [2.05, 4.69) is 11.2 Å². The second-order valence-corrected chi connectivity index (χ2v) is 7.62. The molecule has 1 fully saturated rings. The lowest BCUT2D eigenvalue weighted by atomic mass is 9.81. The van der Waals surface area contributed by atoms with E-state index in [1.165, 1.54) is 0 Å². The van der Waals surface area contributed by atoms with Crippen LogP contribution < -0.4 is 9.47 Å². The van der Waals surface area contributed by atoms with Crippen LogP contribution in [0.2, 0.25) is 0 Å². The summed E-state index contributed by atoms with van der Waals surface area (Å²) in [6, 6.07) is 15.5. The fourth-order valence-electron chi connectivity index (χ4n) is 4.54. The zero-order valence-electron chi connectivity index (χ0n) is 16.6. The Balaban J connectivity index is 1.44. The number of ether oxygens (including phenoxy) is 2. The normalized spacial score (nSPS) is 16.7. The number of piperidine rings is 1. The molecule has 29 heavy (non-hydrogen) atoms. The zero-order valence-corrected chi connectivity index (χ0v) is 16.6. The molecule has 0 unspecified atom stereocenters. The fraction of sp³-hybridized carbons (Fsp3) is 0.304. The molecule has 0 atom stereocenters. The van der Waals surface area contributed by atoms with Gasteiger partial charge in [-0.25, -0.2) is 0 Å². The van der Waals surface area contributed by atoms with Gasteiger partial charge in [-0.05, 0) is 24.3 Å². The first-order chi connectivity index (χ1) is 14.1. The molecule has 0 saturated carbocycles. The van der Waals surface area contributed by atoms with Gasteiger partial charge in [-0.3, -0.25) is 9.48 Å². The van der Waals surface area contributed by atoms with Crippen LogP contribution >= 0.6 is 0 Å². The van der Waals surface area contributed by atoms with Crippen LogP contribution in [-0.4, -0.2) is 40.8 Å². The molecule has 1 spiro atoms. The van der Waals surface area contributed by atoms with E-state index >= 15 is 0 Å². The number of fused-ring (bicyclic) bond motifs is 4. The van der Waals surface area contributed by atoms with Crippen molar-refractivity contribution in [1.82, 2.24) is 14.7 Å². The van der Waals surface area contributed by atoms with Crippen LogP contribution in [-0.2, 0) is 12.6 Å². The Morgan fingerprint density at radius 3 is 2.62 bits per heavy atom. The van der Waals surface area contributed by atoms with Gasteiger partial charge in [-0.15, -0.1) is 0 Å². The minimum absolute atomic E-state index is 0.0000743. The van der Waals surface area contributed by atoms with Crippen LogP contribution in [0.15, 0.2) is 54.7 Å². The summed E-state index contributed by atoms with van der Waals surface area (Å²) in [5.41, 5.74) is 3.44. The topological polar surface area (TPSA) is 56.6 Å². The number of methoxy groups -OCH3 is 1. The molecule has 0 aliphatic carbocycles. The minimum atomic E-state index is -0.449. The van der Waals surface area contributed by atoms with Crippen molar-refractivity contribution in [2.45, 2.75) is 18.4 Å². The van der Waals surface area contributed by atoms with Crippen molar-refractivity contribution in [1.29, 1.82) is 0 Å². The molecule has 1 aromatic heterocycles. The maximum Gasteiger partial charge on any atom is 0.257 e. The third kappa shape index (κ3) is 2.70. The van der Waals surface area contributed by atoms with Crippen LogP contribution in [0, 0.1) is 0 Å². The van der Waals surface area contributed by atoms with Crippen LogP contribution in [0.5, 0.6) is 11.5 Å². The molecule has 0 bridgehead atoms. The molecule has 6 heteroatoms. The van der Waals surface area contributed by atoms with Crippen molar-refractivity contribution in [2.75, 3.05) is 20.2 Å². The molecule has 1 amide bonds. The van der Waals surface area contributed by atoms with Crippen LogP contribution in [0.4, 0.5) is 0 Å². The lowest BCUT2D eigenvalue weighted by Crippen LogP contribution is -2.49. The molecular formula is C23H23N3O3. The van der Waals surface area contributed by atoms with Crippen LogP contribution in [0.3, 0.4) is 0 Å². The molecule has 0 N–H and O–H groups in total. The molecular weight excluding hydrogens is 366 g/mol. The average molecular weight is 389 g/mol. The number of hydrogen-bond acceptors (Lipinski definition) is 4. The van der Waals surface area contributed by atoms with Crippen molar-refractivity contribution in [3.8, 4) is 22.8 Å². The molecule has 2 aliphatic rings. The molecule has 148 valence electrons. The van der Waals surface area contributed by atoms with Gasteiger partial charge < -0.3 is 14.4 Å². The maximum absolute atomic E-state index is 13.1. The third-order valence-corrected chi connectivity index (χ3v) is 6.07. The van der Waals surface area contributed by atoms with E-state index in [-0.39, 0.29) is 5.91 Å². The lowest BCUT2D eigenvalue weighted by molar-refractivity contribution is -0.00179. The van der Waals surface area contributed by atoms with Crippen LogP contribution in [0.1, 0.15) is 28.8 Å². The van der Waals surface area contributed by atoms with Crippen molar-refractivity contribution < 1.29 is 14.3 Å². The number of para-hydroxylation sites is 2. The first-order valence-corrected chi connectivity index (χ1v) is 9.86. The number of carbonyl (C=O) groups is 1. The van der Waals surface area contributed by atoms with Gasteiger partial charge in [0, 0.05) is 44.1 Å². The van der Waals surface area contributed by atoms with Crippen LogP contribution in [0.25, 0.3) is 11.3 Å². The Hall–Kier alpha value is -3.28. The Bertz CT molecular complexity index is 1080. The fourth-order valence-corrected chi connectivity index (χ4v) is 4.54. The Kier molecular flexibility index (Phi) is 4.08. The summed E-state index contributed by atoms with van der Waals surface area (Å²) in [5.74, 6) is 1.49. The first-order valence-electron chi connectivity index (χ1n) is 9.86. The van der Waals surface area contributed by atoms with Crippen molar-refractivity contribution in [3.05, 3.63) is 65.9 Å². The highest BCUT2D eigenvalue weighted by molar-refractivity contribution is 5.97. The summed E-state index contributed by atoms with van der Waals surface area (Å²) >= 11 is 0. The third-order valence-electron chi connectivity index (χ3n) is 6.07. The van der Waals surface area contributed by atoms with Crippen molar-refractivity contribution in [3.63, 3.8) is 0 Å². The van der Waals surface area contributed by atoms with E-state index in [1.54, 1.807) is 7.11 Å². The highest BCUT2D eigenvalue weighted by atomic mass is 16.5. The number of aryl methyl sites for hydroxylation is 1. The van der Waals surface area contributed by atoms with Gasteiger partial charge in [0.2, 0.25) is 0 Å². The molecule has 2 aromatic carbocycles. The van der Waals surface area contributed by atoms with E-state index in [1.807, 2.05) is 65.3 Å². The molecule has 3 aromatic rings. The summed E-state index contributed by atoms with van der Waals surface area (Å²) < 4.78 is 13.9. The number of rotatable bonds is 2. The van der Waals surface area contributed by atoms with Crippen molar-refractivity contribution >= 4 is 5.91 Å². The number of hydrogen-bond donors (Lipinski definition) is 0. The number of likely N-dealkylation sites (tertiary alicyclic amines) is 1. The Morgan fingerprint density at radius 2 is 1.83 bits per heavy atom. The Morgan fingerprint density at radius 1 is 1.10 bits per heavy atom. The van der Waals surface area contributed by atoms with E-state index < -0.39 is 5.60 Å². The van der Waals surface area contributed by atoms with Gasteiger partial charge in [0.1, 0.15) is 17.1 Å². The summed E-state index contributed by atoms with van der Waals surface area (Å²) in [6.07, 6.45) is 3.37. The number of carbonyl (C=O) groups excluding carboxylic acids is 1. The molecule has 6 nitrogen and oxygen atoms in total. The van der Waals surface area contributed by atoms with E-state index in [0.717, 1.165) is 35.4 Å². The molecule has 5 rings (SSSR count). The highest BCUT2D eigenvalue weighted by Crippen LogP contribution is 2.49.